The van der Waals surface area contributed by atoms with Gasteiger partial charge in [0.25, 0.3) is 0 Å². The standard InChI is InChI=1S/C10H19N3O/c11-9(12)13-5-8-3-1-2-4-10(8,6-13)7-14/h8,14H,1-7H2,(H3,11,12). The van der Waals surface area contributed by atoms with Crippen LogP contribution in [0, 0.1) is 16.7 Å². The Kier molecular flexibility index (Phi) is 2.39. The third-order valence-electron chi connectivity index (χ3n) is 3.95. The Morgan fingerprint density at radius 3 is 2.93 bits per heavy atom. The van der Waals surface area contributed by atoms with Crippen molar-refractivity contribution in [1.82, 2.24) is 4.90 Å². The van der Waals surface area contributed by atoms with E-state index in [4.69, 9.17) is 11.1 Å². The van der Waals surface area contributed by atoms with E-state index in [1.54, 1.807) is 0 Å². The normalized spacial score (nSPS) is 36.9. The number of hydrogen-bond donors (Lipinski definition) is 3. The van der Waals surface area contributed by atoms with E-state index in [0.717, 1.165) is 19.5 Å². The van der Waals surface area contributed by atoms with Crippen LogP contribution in [-0.2, 0) is 0 Å². The second kappa shape index (κ2) is 3.42. The van der Waals surface area contributed by atoms with E-state index >= 15 is 0 Å². The Balaban J connectivity index is 2.14. The van der Waals surface area contributed by atoms with Gasteiger partial charge in [-0.3, -0.25) is 5.41 Å². The first-order valence-electron chi connectivity index (χ1n) is 5.38. The number of likely N-dealkylation sites (tertiary alicyclic amines) is 1. The van der Waals surface area contributed by atoms with Crippen molar-refractivity contribution >= 4 is 5.96 Å². The number of guanidine groups is 1. The van der Waals surface area contributed by atoms with Crippen molar-refractivity contribution < 1.29 is 5.11 Å². The highest BCUT2D eigenvalue weighted by atomic mass is 16.3. The van der Waals surface area contributed by atoms with Gasteiger partial charge in [-0.05, 0) is 18.8 Å². The van der Waals surface area contributed by atoms with Crippen LogP contribution >= 0.6 is 0 Å². The Bertz CT molecular complexity index is 244. The highest BCUT2D eigenvalue weighted by molar-refractivity contribution is 5.75. The minimum Gasteiger partial charge on any atom is -0.396 e. The topological polar surface area (TPSA) is 73.3 Å². The summed E-state index contributed by atoms with van der Waals surface area (Å²) in [6.45, 7) is 1.90. The number of hydrogen-bond acceptors (Lipinski definition) is 2. The molecule has 80 valence electrons. The summed E-state index contributed by atoms with van der Waals surface area (Å²) < 4.78 is 0. The average Bonchev–Trinajstić information content (AvgIpc) is 2.57. The largest absolute Gasteiger partial charge is 0.396 e. The van der Waals surface area contributed by atoms with Crippen molar-refractivity contribution in [2.75, 3.05) is 19.7 Å². The number of nitrogens with two attached hydrogens (primary N) is 1. The number of aliphatic hydroxyl groups is 1. The van der Waals surface area contributed by atoms with E-state index in [1.807, 2.05) is 4.90 Å². The molecule has 0 aromatic heterocycles. The zero-order chi connectivity index (χ0) is 10.2. The molecule has 2 aliphatic rings. The average molecular weight is 197 g/mol. The molecule has 2 atom stereocenters. The molecule has 4 heteroatoms. The van der Waals surface area contributed by atoms with Crippen molar-refractivity contribution in [3.8, 4) is 0 Å². The smallest absolute Gasteiger partial charge is 0.188 e. The van der Waals surface area contributed by atoms with Crippen LogP contribution < -0.4 is 5.73 Å². The molecule has 1 aliphatic heterocycles. The number of nitrogens with one attached hydrogen (secondary N) is 1. The highest BCUT2D eigenvalue weighted by Crippen LogP contribution is 2.46. The SMILES string of the molecule is N=C(N)N1CC2CCCCC2(CO)C1. The van der Waals surface area contributed by atoms with Gasteiger partial charge in [-0.15, -0.1) is 0 Å². The molecular weight excluding hydrogens is 178 g/mol. The molecule has 4 N–H and O–H groups in total. The lowest BCUT2D eigenvalue weighted by atomic mass is 9.69. The summed E-state index contributed by atoms with van der Waals surface area (Å²) in [5.41, 5.74) is 5.54. The van der Waals surface area contributed by atoms with Crippen LogP contribution in [0.3, 0.4) is 0 Å². The second-order valence-corrected chi connectivity index (χ2v) is 4.73. The number of aliphatic hydroxyl groups excluding tert-OH is 1. The third kappa shape index (κ3) is 1.38. The van der Waals surface area contributed by atoms with Gasteiger partial charge in [-0.25, -0.2) is 0 Å². The number of fused-ring (bicyclic) bond motifs is 1. The zero-order valence-corrected chi connectivity index (χ0v) is 8.50. The van der Waals surface area contributed by atoms with Crippen LogP contribution in [0.1, 0.15) is 25.7 Å². The van der Waals surface area contributed by atoms with Crippen LogP contribution in [0.5, 0.6) is 0 Å². The Hall–Kier alpha value is -0.770. The van der Waals surface area contributed by atoms with E-state index in [9.17, 15) is 5.11 Å². The van der Waals surface area contributed by atoms with E-state index < -0.39 is 0 Å². The summed E-state index contributed by atoms with van der Waals surface area (Å²) in [5, 5.41) is 16.9. The minimum atomic E-state index is 0.0456. The summed E-state index contributed by atoms with van der Waals surface area (Å²) in [7, 11) is 0. The van der Waals surface area contributed by atoms with Crippen molar-refractivity contribution in [1.29, 1.82) is 5.41 Å². The Morgan fingerprint density at radius 1 is 1.57 bits per heavy atom. The van der Waals surface area contributed by atoms with Gasteiger partial charge in [0.2, 0.25) is 0 Å². The molecule has 0 bridgehead atoms. The van der Waals surface area contributed by atoms with Crippen LogP contribution in [0.15, 0.2) is 0 Å². The molecule has 4 nitrogen and oxygen atoms in total. The van der Waals surface area contributed by atoms with E-state index in [-0.39, 0.29) is 18.0 Å². The summed E-state index contributed by atoms with van der Waals surface area (Å²) >= 11 is 0. The van der Waals surface area contributed by atoms with Gasteiger partial charge in [0.15, 0.2) is 5.96 Å². The molecule has 0 aromatic rings. The molecule has 0 spiro atoms. The van der Waals surface area contributed by atoms with Crippen molar-refractivity contribution in [2.24, 2.45) is 17.1 Å². The number of rotatable bonds is 1. The second-order valence-electron chi connectivity index (χ2n) is 4.73. The lowest BCUT2D eigenvalue weighted by Crippen LogP contribution is -2.39. The maximum Gasteiger partial charge on any atom is 0.188 e. The predicted molar refractivity (Wildman–Crippen MR) is 55.0 cm³/mol. The third-order valence-corrected chi connectivity index (χ3v) is 3.95. The van der Waals surface area contributed by atoms with Gasteiger partial charge in [-0.1, -0.05) is 12.8 Å². The lowest BCUT2D eigenvalue weighted by Gasteiger charge is -2.36. The maximum atomic E-state index is 9.51. The molecule has 1 saturated heterocycles. The van der Waals surface area contributed by atoms with Gasteiger partial charge in [0, 0.05) is 18.5 Å². The highest BCUT2D eigenvalue weighted by Gasteiger charge is 2.47. The summed E-state index contributed by atoms with van der Waals surface area (Å²) in [5.74, 6) is 0.706. The van der Waals surface area contributed by atoms with Gasteiger partial charge in [0.05, 0.1) is 6.61 Å². The van der Waals surface area contributed by atoms with Gasteiger partial charge in [0.1, 0.15) is 0 Å². The molecule has 1 heterocycles. The molecular formula is C10H19N3O. The van der Waals surface area contributed by atoms with E-state index in [2.05, 4.69) is 0 Å². The molecule has 0 amide bonds. The molecule has 14 heavy (non-hydrogen) atoms. The Morgan fingerprint density at radius 2 is 2.36 bits per heavy atom. The van der Waals surface area contributed by atoms with Crippen molar-refractivity contribution in [2.45, 2.75) is 25.7 Å². The van der Waals surface area contributed by atoms with Crippen LogP contribution in [0.4, 0.5) is 0 Å². The van der Waals surface area contributed by atoms with Gasteiger partial charge >= 0.3 is 0 Å². The fraction of sp³-hybridized carbons (Fsp3) is 0.900. The van der Waals surface area contributed by atoms with Crippen LogP contribution in [0.2, 0.25) is 0 Å². The number of nitrogens with zero attached hydrogens (tertiary/aromatic N) is 1. The van der Waals surface area contributed by atoms with E-state index in [1.165, 1.54) is 19.3 Å². The monoisotopic (exact) mass is 197 g/mol. The Labute approximate surface area is 84.6 Å². The van der Waals surface area contributed by atoms with Gasteiger partial charge < -0.3 is 15.7 Å². The molecule has 1 saturated carbocycles. The van der Waals surface area contributed by atoms with Crippen LogP contribution in [-0.4, -0.2) is 35.7 Å². The molecule has 1 aliphatic carbocycles. The van der Waals surface area contributed by atoms with Gasteiger partial charge in [-0.2, -0.15) is 0 Å². The van der Waals surface area contributed by atoms with Crippen molar-refractivity contribution in [3.63, 3.8) is 0 Å². The van der Waals surface area contributed by atoms with Crippen LogP contribution in [0.25, 0.3) is 0 Å². The van der Waals surface area contributed by atoms with Crippen molar-refractivity contribution in [3.05, 3.63) is 0 Å². The fourth-order valence-electron chi connectivity index (χ4n) is 3.02. The first-order valence-corrected chi connectivity index (χ1v) is 5.38. The fourth-order valence-corrected chi connectivity index (χ4v) is 3.02. The summed E-state index contributed by atoms with van der Waals surface area (Å²) in [6, 6.07) is 0. The molecule has 0 aromatic carbocycles. The quantitative estimate of drug-likeness (QED) is 0.420. The molecule has 2 fully saturated rings. The first-order chi connectivity index (χ1) is 6.68. The predicted octanol–water partition coefficient (Wildman–Crippen LogP) is 0.364. The summed E-state index contributed by atoms with van der Waals surface area (Å²) in [4.78, 5) is 1.91. The van der Waals surface area contributed by atoms with E-state index in [0.29, 0.717) is 5.92 Å². The molecule has 2 rings (SSSR count). The maximum absolute atomic E-state index is 9.51. The molecule has 0 radical (unpaired) electrons. The first kappa shape index (κ1) is 9.77. The lowest BCUT2D eigenvalue weighted by molar-refractivity contribution is 0.0602. The zero-order valence-electron chi connectivity index (χ0n) is 8.50. The minimum absolute atomic E-state index is 0.0456. The summed E-state index contributed by atoms with van der Waals surface area (Å²) in [6.07, 6.45) is 4.75. The molecule has 2 unspecified atom stereocenters.